The molecule has 1 N–H and O–H groups in total. The van der Waals surface area contributed by atoms with Crippen LogP contribution in [0.25, 0.3) is 83.3 Å². The molecule has 288 valence electrons. The van der Waals surface area contributed by atoms with E-state index < -0.39 is 0 Å². The minimum atomic E-state index is -0.207. The molecule has 2 heterocycles. The highest BCUT2D eigenvalue weighted by atomic mass is 16.3. The van der Waals surface area contributed by atoms with E-state index >= 15 is 0 Å². The molecule has 1 aliphatic carbocycles. The summed E-state index contributed by atoms with van der Waals surface area (Å²) in [6.45, 7) is 6.71. The van der Waals surface area contributed by atoms with Gasteiger partial charge in [0.2, 0.25) is 0 Å². The van der Waals surface area contributed by atoms with Crippen molar-refractivity contribution in [1.82, 2.24) is 4.98 Å². The lowest BCUT2D eigenvalue weighted by atomic mass is 9.81. The van der Waals surface area contributed by atoms with Crippen molar-refractivity contribution in [3.8, 4) is 61.7 Å². The Hall–Kier alpha value is -7.48. The van der Waals surface area contributed by atoms with Crippen LogP contribution >= 0.6 is 0 Å². The number of pyridine rings is 1. The maximum absolute atomic E-state index is 9.59. The Kier molecular flexibility index (Phi) is 9.23. The van der Waals surface area contributed by atoms with Crippen LogP contribution in [-0.2, 0) is 5.41 Å². The molecule has 0 saturated heterocycles. The lowest BCUT2D eigenvalue weighted by molar-refractivity contribution is 0.660. The van der Waals surface area contributed by atoms with Crippen molar-refractivity contribution in [2.24, 2.45) is 4.99 Å². The molecule has 1 aliphatic rings. The molecular formula is C56H43N3O. The standard InChI is InChI=1S/C56H43N3O/c1-4-5-19-52(59-55-45(18-11-28-58-55)37-12-7-6-8-13-37)44-17-10-16-40(31-44)38-14-9-15-39(30-38)41-22-26-53-48(32-41)49-33-42(23-27-54(49)60-53)43-21-25-47-46-24-20-36(35-57)29-50(46)56(2,3)51(47)34-43/h6-34H,4-5H2,1-3H3,(H,58,59)/b52-19+. The minimum Gasteiger partial charge on any atom is -0.456 e. The molecule has 0 saturated carbocycles. The van der Waals surface area contributed by atoms with E-state index in [-0.39, 0.29) is 5.41 Å². The Morgan fingerprint density at radius 1 is 0.600 bits per heavy atom. The predicted octanol–water partition coefficient (Wildman–Crippen LogP) is 14.5. The highest BCUT2D eigenvalue weighted by Crippen LogP contribution is 2.50. The number of nitriles is 1. The molecule has 60 heavy (non-hydrogen) atoms. The number of fused-ring (bicyclic) bond motifs is 6. The summed E-state index contributed by atoms with van der Waals surface area (Å²) in [5.74, 6) is 0. The number of benzene rings is 7. The Bertz CT molecular complexity index is 3260. The highest BCUT2D eigenvalue weighted by molar-refractivity contribution is 6.07. The molecule has 0 atom stereocenters. The van der Waals surface area contributed by atoms with Crippen LogP contribution in [0.1, 0.15) is 55.9 Å². The van der Waals surface area contributed by atoms with Crippen molar-refractivity contribution in [1.29, 1.82) is 5.26 Å². The van der Waals surface area contributed by atoms with E-state index in [1.165, 1.54) is 22.3 Å². The number of nitrogens with zero attached hydrogens (tertiary/aromatic N) is 2. The number of furan rings is 1. The number of allylic oxidation sites excluding steroid dienone is 1. The maximum atomic E-state index is 9.59. The summed E-state index contributed by atoms with van der Waals surface area (Å²) in [4.78, 5) is 8.65. The van der Waals surface area contributed by atoms with Crippen molar-refractivity contribution in [3.63, 3.8) is 0 Å². The number of nitrogens with one attached hydrogen (secondary N) is 1. The molecule has 9 aromatic rings. The SMILES string of the molecule is CCC/C=C(/N=c1[nH]cccc1-c1ccccc1)c1cccc(-c2cccc(-c3ccc4oc5ccc(-c6ccc7c(c6)C(C)(C)c6cc(C#N)ccc6-7)cc5c4c3)c2)c1. The summed E-state index contributed by atoms with van der Waals surface area (Å²) in [6, 6.07) is 60.3. The third-order valence-electron chi connectivity index (χ3n) is 12.1. The number of hydrogen-bond donors (Lipinski definition) is 1. The van der Waals surface area contributed by atoms with Crippen molar-refractivity contribution in [2.75, 3.05) is 0 Å². The van der Waals surface area contributed by atoms with Crippen LogP contribution in [0.3, 0.4) is 0 Å². The van der Waals surface area contributed by atoms with Crippen molar-refractivity contribution >= 4 is 27.6 Å². The van der Waals surface area contributed by atoms with Gasteiger partial charge in [0.25, 0.3) is 0 Å². The molecule has 10 rings (SSSR count). The molecule has 0 aliphatic heterocycles. The van der Waals surface area contributed by atoms with Gasteiger partial charge in [0, 0.05) is 33.5 Å². The van der Waals surface area contributed by atoms with Gasteiger partial charge in [-0.25, -0.2) is 4.99 Å². The summed E-state index contributed by atoms with van der Waals surface area (Å²) in [7, 11) is 0. The Morgan fingerprint density at radius 3 is 1.90 bits per heavy atom. The Labute approximate surface area is 350 Å². The van der Waals surface area contributed by atoms with Gasteiger partial charge in [-0.3, -0.25) is 0 Å². The van der Waals surface area contributed by atoms with E-state index in [4.69, 9.17) is 9.41 Å². The van der Waals surface area contributed by atoms with Gasteiger partial charge in [-0.05, 0) is 134 Å². The Balaban J connectivity index is 0.988. The van der Waals surface area contributed by atoms with E-state index in [2.05, 4.69) is 183 Å². The molecule has 0 amide bonds. The maximum Gasteiger partial charge on any atom is 0.138 e. The Morgan fingerprint density at radius 2 is 1.20 bits per heavy atom. The predicted molar refractivity (Wildman–Crippen MR) is 247 cm³/mol. The smallest absolute Gasteiger partial charge is 0.138 e. The second-order valence-electron chi connectivity index (χ2n) is 16.2. The fraction of sp³-hybridized carbons (Fsp3) is 0.107. The van der Waals surface area contributed by atoms with E-state index in [0.717, 1.165) is 96.0 Å². The first kappa shape index (κ1) is 36.8. The summed E-state index contributed by atoms with van der Waals surface area (Å²) in [5.41, 5.74) is 19.1. The summed E-state index contributed by atoms with van der Waals surface area (Å²) in [6.07, 6.45) is 6.16. The number of H-pyrrole nitrogens is 1. The number of rotatable bonds is 8. The van der Waals surface area contributed by atoms with Crippen molar-refractivity contribution in [3.05, 3.63) is 204 Å². The largest absolute Gasteiger partial charge is 0.456 e. The molecule has 0 fully saturated rings. The van der Waals surface area contributed by atoms with Crippen LogP contribution in [0.15, 0.2) is 185 Å². The zero-order valence-electron chi connectivity index (χ0n) is 34.0. The average molecular weight is 774 g/mol. The molecule has 7 aromatic carbocycles. The van der Waals surface area contributed by atoms with Gasteiger partial charge in [0.1, 0.15) is 16.7 Å². The van der Waals surface area contributed by atoms with Gasteiger partial charge >= 0.3 is 0 Å². The normalized spacial score (nSPS) is 13.4. The molecule has 2 aromatic heterocycles. The molecule has 4 heteroatoms. The lowest BCUT2D eigenvalue weighted by Gasteiger charge is -2.22. The number of aromatic nitrogens is 1. The quantitative estimate of drug-likeness (QED) is 0.167. The highest BCUT2D eigenvalue weighted by Gasteiger charge is 2.35. The third kappa shape index (κ3) is 6.55. The monoisotopic (exact) mass is 773 g/mol. The number of hydrogen-bond acceptors (Lipinski definition) is 3. The summed E-state index contributed by atoms with van der Waals surface area (Å²) >= 11 is 0. The fourth-order valence-electron chi connectivity index (χ4n) is 8.86. The zero-order chi connectivity index (χ0) is 40.8. The zero-order valence-corrected chi connectivity index (χ0v) is 34.0. The van der Waals surface area contributed by atoms with E-state index in [0.29, 0.717) is 5.56 Å². The van der Waals surface area contributed by atoms with Gasteiger partial charge < -0.3 is 9.40 Å². The van der Waals surface area contributed by atoms with Crippen LogP contribution in [0.2, 0.25) is 0 Å². The first-order valence-corrected chi connectivity index (χ1v) is 20.7. The van der Waals surface area contributed by atoms with Crippen LogP contribution in [0.5, 0.6) is 0 Å². The van der Waals surface area contributed by atoms with Gasteiger partial charge in [-0.1, -0.05) is 130 Å². The molecule has 0 unspecified atom stereocenters. The van der Waals surface area contributed by atoms with E-state index in [1.54, 1.807) is 0 Å². The molecule has 0 spiro atoms. The van der Waals surface area contributed by atoms with Crippen molar-refractivity contribution in [2.45, 2.75) is 39.0 Å². The summed E-state index contributed by atoms with van der Waals surface area (Å²) in [5, 5.41) is 11.8. The summed E-state index contributed by atoms with van der Waals surface area (Å²) < 4.78 is 6.39. The van der Waals surface area contributed by atoms with Crippen LogP contribution in [-0.4, -0.2) is 4.98 Å². The van der Waals surface area contributed by atoms with Crippen molar-refractivity contribution < 1.29 is 4.42 Å². The fourth-order valence-corrected chi connectivity index (χ4v) is 8.86. The van der Waals surface area contributed by atoms with Gasteiger partial charge in [0.05, 0.1) is 17.3 Å². The number of unbranched alkanes of at least 4 members (excludes halogenated alkanes) is 1. The van der Waals surface area contributed by atoms with Gasteiger partial charge in [-0.2, -0.15) is 5.26 Å². The topological polar surface area (TPSA) is 65.1 Å². The van der Waals surface area contributed by atoms with Crippen LogP contribution in [0, 0.1) is 11.3 Å². The second kappa shape index (κ2) is 15.0. The van der Waals surface area contributed by atoms with E-state index in [9.17, 15) is 5.26 Å². The molecule has 0 bridgehead atoms. The van der Waals surface area contributed by atoms with Crippen LogP contribution < -0.4 is 5.49 Å². The third-order valence-corrected chi connectivity index (χ3v) is 12.1. The molecular weight excluding hydrogens is 731 g/mol. The molecule has 0 radical (unpaired) electrons. The minimum absolute atomic E-state index is 0.207. The first-order chi connectivity index (χ1) is 29.4. The number of aromatic amines is 1. The van der Waals surface area contributed by atoms with Gasteiger partial charge in [-0.15, -0.1) is 0 Å². The first-order valence-electron chi connectivity index (χ1n) is 20.7. The average Bonchev–Trinajstić information content (AvgIpc) is 3.78. The van der Waals surface area contributed by atoms with E-state index in [1.807, 2.05) is 24.4 Å². The molecule has 4 nitrogen and oxygen atoms in total. The second-order valence-corrected chi connectivity index (χ2v) is 16.2. The lowest BCUT2D eigenvalue weighted by Crippen LogP contribution is -2.15. The van der Waals surface area contributed by atoms with Gasteiger partial charge in [0.15, 0.2) is 0 Å². The van der Waals surface area contributed by atoms with Crippen LogP contribution in [0.4, 0.5) is 0 Å².